The molecule has 0 atom stereocenters. The van der Waals surface area contributed by atoms with Crippen LogP contribution < -0.4 is 0 Å². The zero-order valence-corrected chi connectivity index (χ0v) is 8.07. The number of benzene rings is 1. The zero-order chi connectivity index (χ0) is 11.9. The molecule has 0 amide bonds. The molecule has 16 heavy (non-hydrogen) atoms. The van der Waals surface area contributed by atoms with Crippen LogP contribution in [0.2, 0.25) is 0 Å². The second kappa shape index (κ2) is 3.33. The van der Waals surface area contributed by atoms with Gasteiger partial charge in [0.25, 0.3) is 0 Å². The molecule has 0 unspecified atom stereocenters. The Morgan fingerprint density at radius 2 is 2.00 bits per heavy atom. The van der Waals surface area contributed by atoms with Gasteiger partial charge in [-0.15, -0.1) is 0 Å². The molecule has 0 bridgehead atoms. The van der Waals surface area contributed by atoms with E-state index in [0.29, 0.717) is 25.2 Å². The van der Waals surface area contributed by atoms with Crippen LogP contribution in [-0.2, 0) is 10.2 Å². The quantitative estimate of drug-likeness (QED) is 0.451. The molecule has 0 saturated heterocycles. The summed E-state index contributed by atoms with van der Waals surface area (Å²) in [4.78, 5) is 20.6. The summed E-state index contributed by atoms with van der Waals surface area (Å²) in [6.45, 7) is 0. The van der Waals surface area contributed by atoms with Gasteiger partial charge in [0.2, 0.25) is 5.82 Å². The molecule has 0 aliphatic heterocycles. The van der Waals surface area contributed by atoms with Crippen LogP contribution in [0.1, 0.15) is 18.4 Å². The fourth-order valence-electron chi connectivity index (χ4n) is 1.72. The summed E-state index contributed by atoms with van der Waals surface area (Å²) in [5.41, 5.74) is -2.03. The molecule has 0 radical (unpaired) electrons. The van der Waals surface area contributed by atoms with Crippen LogP contribution in [0.3, 0.4) is 0 Å². The molecule has 0 spiro atoms. The van der Waals surface area contributed by atoms with E-state index in [1.807, 2.05) is 0 Å². The number of nitrogens with zero attached hydrogens (tertiary/aromatic N) is 1. The van der Waals surface area contributed by atoms with Crippen molar-refractivity contribution in [2.24, 2.45) is 0 Å². The second-order valence-corrected chi connectivity index (χ2v) is 3.81. The van der Waals surface area contributed by atoms with Crippen molar-refractivity contribution in [2.75, 3.05) is 0 Å². The highest BCUT2D eigenvalue weighted by molar-refractivity contribution is 5.76. The van der Waals surface area contributed by atoms with Crippen LogP contribution >= 0.6 is 0 Å². The fourth-order valence-corrected chi connectivity index (χ4v) is 1.72. The summed E-state index contributed by atoms with van der Waals surface area (Å²) >= 11 is 0. The standard InChI is InChI=1S/C10H7F2NO3/c11-6-3-7(10(5-14)1-2-10)9(13(15)16)8(12)4-6/h3-5H,1-2H2. The van der Waals surface area contributed by atoms with Crippen molar-refractivity contribution < 1.29 is 18.5 Å². The van der Waals surface area contributed by atoms with E-state index in [1.165, 1.54) is 0 Å². The number of halogens is 2. The van der Waals surface area contributed by atoms with Crippen molar-refractivity contribution in [2.45, 2.75) is 18.3 Å². The Balaban J connectivity index is 2.67. The first-order valence-corrected chi connectivity index (χ1v) is 4.60. The van der Waals surface area contributed by atoms with E-state index in [2.05, 4.69) is 0 Å². The third-order valence-electron chi connectivity index (χ3n) is 2.76. The molecule has 6 heteroatoms. The molecule has 1 saturated carbocycles. The highest BCUT2D eigenvalue weighted by Gasteiger charge is 2.49. The van der Waals surface area contributed by atoms with Crippen molar-refractivity contribution >= 4 is 12.0 Å². The summed E-state index contributed by atoms with van der Waals surface area (Å²) < 4.78 is 26.2. The van der Waals surface area contributed by atoms with E-state index in [1.54, 1.807) is 0 Å². The number of carbonyl (C=O) groups excluding carboxylic acids is 1. The molecule has 1 aromatic rings. The van der Waals surface area contributed by atoms with E-state index >= 15 is 0 Å². The predicted molar refractivity (Wildman–Crippen MR) is 50.0 cm³/mol. The van der Waals surface area contributed by atoms with Gasteiger partial charge in [0.1, 0.15) is 12.1 Å². The number of nitro groups is 1. The molecular weight excluding hydrogens is 220 g/mol. The molecule has 0 heterocycles. The van der Waals surface area contributed by atoms with Gasteiger partial charge in [0.15, 0.2) is 0 Å². The maximum atomic E-state index is 13.3. The lowest BCUT2D eigenvalue weighted by molar-refractivity contribution is -0.388. The van der Waals surface area contributed by atoms with Gasteiger partial charge in [-0.25, -0.2) is 4.39 Å². The number of carbonyl (C=O) groups is 1. The van der Waals surface area contributed by atoms with E-state index in [9.17, 15) is 23.7 Å². The van der Waals surface area contributed by atoms with Crippen molar-refractivity contribution in [3.63, 3.8) is 0 Å². The van der Waals surface area contributed by atoms with E-state index < -0.39 is 27.7 Å². The van der Waals surface area contributed by atoms with Gasteiger partial charge in [-0.05, 0) is 18.9 Å². The summed E-state index contributed by atoms with van der Waals surface area (Å²) in [6.07, 6.45) is 1.30. The largest absolute Gasteiger partial charge is 0.309 e. The van der Waals surface area contributed by atoms with E-state index in [0.717, 1.165) is 6.07 Å². The molecule has 1 aliphatic rings. The van der Waals surface area contributed by atoms with Crippen molar-refractivity contribution in [1.82, 2.24) is 0 Å². The minimum absolute atomic E-state index is 0.162. The second-order valence-electron chi connectivity index (χ2n) is 3.81. The third kappa shape index (κ3) is 1.46. The molecule has 0 aromatic heterocycles. The summed E-state index contributed by atoms with van der Waals surface area (Å²) in [5, 5.41) is 10.7. The lowest BCUT2D eigenvalue weighted by atomic mass is 9.95. The Labute approximate surface area is 89.0 Å². The molecule has 0 N–H and O–H groups in total. The molecule has 1 aromatic carbocycles. The number of aldehydes is 1. The highest BCUT2D eigenvalue weighted by Crippen LogP contribution is 2.50. The highest BCUT2D eigenvalue weighted by atomic mass is 19.1. The predicted octanol–water partition coefficient (Wildman–Crippen LogP) is 2.10. The lowest BCUT2D eigenvalue weighted by Crippen LogP contribution is -2.12. The average molecular weight is 227 g/mol. The van der Waals surface area contributed by atoms with Crippen LogP contribution in [-0.4, -0.2) is 11.2 Å². The average Bonchev–Trinajstić information content (AvgIpc) is 2.95. The molecule has 4 nitrogen and oxygen atoms in total. The Morgan fingerprint density at radius 1 is 1.38 bits per heavy atom. The Hall–Kier alpha value is -1.85. The van der Waals surface area contributed by atoms with Gasteiger partial charge in [0.05, 0.1) is 10.3 Å². The van der Waals surface area contributed by atoms with Crippen LogP contribution in [0.15, 0.2) is 12.1 Å². The van der Waals surface area contributed by atoms with Crippen molar-refractivity contribution in [3.05, 3.63) is 39.4 Å². The lowest BCUT2D eigenvalue weighted by Gasteiger charge is -2.08. The maximum Gasteiger partial charge on any atom is 0.309 e. The minimum atomic E-state index is -1.24. The topological polar surface area (TPSA) is 60.2 Å². The Morgan fingerprint density at radius 3 is 2.44 bits per heavy atom. The first-order chi connectivity index (χ1) is 7.50. The first-order valence-electron chi connectivity index (χ1n) is 4.60. The summed E-state index contributed by atoms with van der Waals surface area (Å²) in [6, 6.07) is 1.31. The number of nitro benzene ring substituents is 1. The van der Waals surface area contributed by atoms with Crippen LogP contribution in [0.4, 0.5) is 14.5 Å². The van der Waals surface area contributed by atoms with E-state index in [-0.39, 0.29) is 5.56 Å². The van der Waals surface area contributed by atoms with Crippen LogP contribution in [0, 0.1) is 21.7 Å². The van der Waals surface area contributed by atoms with Crippen molar-refractivity contribution in [1.29, 1.82) is 0 Å². The normalized spacial score (nSPS) is 16.9. The molecule has 1 aliphatic carbocycles. The Kier molecular flexibility index (Phi) is 2.22. The number of hydrogen-bond donors (Lipinski definition) is 0. The summed E-state index contributed by atoms with van der Waals surface area (Å²) in [7, 11) is 0. The monoisotopic (exact) mass is 227 g/mol. The van der Waals surface area contributed by atoms with Gasteiger partial charge in [-0.2, -0.15) is 4.39 Å². The van der Waals surface area contributed by atoms with Crippen molar-refractivity contribution in [3.8, 4) is 0 Å². The zero-order valence-electron chi connectivity index (χ0n) is 8.07. The number of hydrogen-bond acceptors (Lipinski definition) is 3. The van der Waals surface area contributed by atoms with Gasteiger partial charge in [-0.1, -0.05) is 0 Å². The SMILES string of the molecule is O=CC1(c2cc(F)cc(F)c2[N+](=O)[O-])CC1. The molecular formula is C10H7F2NO3. The van der Waals surface area contributed by atoms with Gasteiger partial charge >= 0.3 is 5.69 Å². The van der Waals surface area contributed by atoms with Gasteiger partial charge in [-0.3, -0.25) is 10.1 Å². The van der Waals surface area contributed by atoms with E-state index in [4.69, 9.17) is 0 Å². The molecule has 84 valence electrons. The minimum Gasteiger partial charge on any atom is -0.302 e. The third-order valence-corrected chi connectivity index (χ3v) is 2.76. The number of rotatable bonds is 3. The maximum absolute atomic E-state index is 13.3. The van der Waals surface area contributed by atoms with Gasteiger partial charge < -0.3 is 4.79 Å². The van der Waals surface area contributed by atoms with Gasteiger partial charge in [0, 0.05) is 11.6 Å². The van der Waals surface area contributed by atoms with Crippen LogP contribution in [0.5, 0.6) is 0 Å². The summed E-state index contributed by atoms with van der Waals surface area (Å²) in [5.74, 6) is -2.15. The molecule has 2 rings (SSSR count). The van der Waals surface area contributed by atoms with Crippen LogP contribution in [0.25, 0.3) is 0 Å². The molecule has 1 fully saturated rings. The first kappa shape index (κ1) is 10.7. The fraction of sp³-hybridized carbons (Fsp3) is 0.300. The Bertz CT molecular complexity index is 483. The smallest absolute Gasteiger partial charge is 0.302 e.